The monoisotopic (exact) mass is 239 g/mol. The quantitative estimate of drug-likeness (QED) is 0.289. The van der Waals surface area contributed by atoms with Crippen LogP contribution in [0.4, 0.5) is 0 Å². The van der Waals surface area contributed by atoms with Gasteiger partial charge in [0.05, 0.1) is 0 Å². The van der Waals surface area contributed by atoms with Crippen molar-refractivity contribution in [3.63, 3.8) is 0 Å². The van der Waals surface area contributed by atoms with Crippen LogP contribution in [0.2, 0.25) is 0 Å². The third kappa shape index (κ3) is 9.32. The van der Waals surface area contributed by atoms with Gasteiger partial charge in [-0.15, -0.1) is 0 Å². The lowest BCUT2D eigenvalue weighted by molar-refractivity contribution is -0.114. The molecule has 0 saturated carbocycles. The Morgan fingerprint density at radius 1 is 1.53 bits per heavy atom. The number of nitrogens with one attached hydrogen (secondary N) is 2. The molecule has 5 heteroatoms. The molecule has 0 spiro atoms. The van der Waals surface area contributed by atoms with E-state index in [0.29, 0.717) is 12.3 Å². The van der Waals surface area contributed by atoms with Crippen LogP contribution in [-0.2, 0) is 9.63 Å². The summed E-state index contributed by atoms with van der Waals surface area (Å²) in [6.45, 7) is 8.91. The van der Waals surface area contributed by atoms with E-state index < -0.39 is 0 Å². The van der Waals surface area contributed by atoms with E-state index in [4.69, 9.17) is 4.84 Å². The summed E-state index contributed by atoms with van der Waals surface area (Å²) < 4.78 is 0. The first kappa shape index (κ1) is 15.4. The fraction of sp³-hybridized carbons (Fsp3) is 0.500. The van der Waals surface area contributed by atoms with Crippen LogP contribution in [0.3, 0.4) is 0 Å². The summed E-state index contributed by atoms with van der Waals surface area (Å²) in [6, 6.07) is 0. The zero-order valence-electron chi connectivity index (χ0n) is 10.7. The van der Waals surface area contributed by atoms with E-state index in [1.54, 1.807) is 13.0 Å². The van der Waals surface area contributed by atoms with E-state index in [2.05, 4.69) is 22.4 Å². The number of allylic oxidation sites excluding steroid dienone is 2. The van der Waals surface area contributed by atoms with Crippen molar-refractivity contribution < 1.29 is 9.63 Å². The van der Waals surface area contributed by atoms with Gasteiger partial charge in [0.15, 0.2) is 0 Å². The first-order chi connectivity index (χ1) is 8.10. The van der Waals surface area contributed by atoms with Crippen LogP contribution in [0.1, 0.15) is 20.3 Å². The molecule has 0 atom stereocenters. The number of nitrogens with zero attached hydrogens (tertiary/aromatic N) is 1. The average Bonchev–Trinajstić information content (AvgIpc) is 2.26. The van der Waals surface area contributed by atoms with Gasteiger partial charge in [0.2, 0.25) is 0 Å². The van der Waals surface area contributed by atoms with Gasteiger partial charge in [0.25, 0.3) is 5.91 Å². The van der Waals surface area contributed by atoms with Crippen molar-refractivity contribution in [2.24, 2.45) is 5.16 Å². The van der Waals surface area contributed by atoms with E-state index in [1.807, 2.05) is 14.0 Å². The number of amides is 1. The van der Waals surface area contributed by atoms with Crippen LogP contribution in [0.5, 0.6) is 0 Å². The first-order valence-corrected chi connectivity index (χ1v) is 5.59. The Hall–Kier alpha value is -1.62. The van der Waals surface area contributed by atoms with Crippen molar-refractivity contribution in [2.75, 3.05) is 20.1 Å². The predicted molar refractivity (Wildman–Crippen MR) is 69.7 cm³/mol. The number of carbonyl (C=O) groups is 1. The van der Waals surface area contributed by atoms with Gasteiger partial charge in [-0.3, -0.25) is 4.79 Å². The Kier molecular flexibility index (Phi) is 8.68. The van der Waals surface area contributed by atoms with E-state index >= 15 is 0 Å². The maximum absolute atomic E-state index is 11.0. The number of hydrogen-bond acceptors (Lipinski definition) is 4. The lowest BCUT2D eigenvalue weighted by Crippen LogP contribution is -2.23. The van der Waals surface area contributed by atoms with Gasteiger partial charge in [0, 0.05) is 6.54 Å². The maximum Gasteiger partial charge on any atom is 0.265 e. The molecule has 0 unspecified atom stereocenters. The lowest BCUT2D eigenvalue weighted by atomic mass is 10.2. The second-order valence-corrected chi connectivity index (χ2v) is 3.49. The molecule has 17 heavy (non-hydrogen) atoms. The van der Waals surface area contributed by atoms with Gasteiger partial charge in [-0.2, -0.15) is 0 Å². The van der Waals surface area contributed by atoms with Crippen molar-refractivity contribution in [3.05, 3.63) is 24.0 Å². The van der Waals surface area contributed by atoms with Crippen LogP contribution >= 0.6 is 0 Å². The molecule has 5 nitrogen and oxygen atoms in total. The topological polar surface area (TPSA) is 62.7 Å². The van der Waals surface area contributed by atoms with E-state index in [-0.39, 0.29) is 5.91 Å². The molecular formula is C12H21N3O2. The van der Waals surface area contributed by atoms with E-state index in [1.165, 1.54) is 0 Å². The Morgan fingerprint density at radius 3 is 2.82 bits per heavy atom. The lowest BCUT2D eigenvalue weighted by Gasteiger charge is -2.01. The minimum absolute atomic E-state index is 0.269. The van der Waals surface area contributed by atoms with Crippen molar-refractivity contribution in [1.29, 1.82) is 0 Å². The molecule has 0 rings (SSSR count). The van der Waals surface area contributed by atoms with Crippen LogP contribution < -0.4 is 10.6 Å². The van der Waals surface area contributed by atoms with Gasteiger partial charge >= 0.3 is 0 Å². The summed E-state index contributed by atoms with van der Waals surface area (Å²) in [7, 11) is 1.89. The fourth-order valence-electron chi connectivity index (χ4n) is 1.05. The Morgan fingerprint density at radius 2 is 2.24 bits per heavy atom. The summed E-state index contributed by atoms with van der Waals surface area (Å²) in [5.41, 5.74) is 0.949. The summed E-state index contributed by atoms with van der Waals surface area (Å²) in [6.07, 6.45) is 3.75. The molecule has 1 amide bonds. The molecule has 0 saturated heterocycles. The molecule has 0 aromatic heterocycles. The number of hydrogen-bond donors (Lipinski definition) is 2. The zero-order valence-corrected chi connectivity index (χ0v) is 10.7. The summed E-state index contributed by atoms with van der Waals surface area (Å²) >= 11 is 0. The van der Waals surface area contributed by atoms with Crippen LogP contribution in [0.15, 0.2) is 29.1 Å². The molecule has 0 aromatic rings. The predicted octanol–water partition coefficient (Wildman–Crippen LogP) is 1.19. The minimum atomic E-state index is -0.269. The van der Waals surface area contributed by atoms with Crippen LogP contribution in [0.25, 0.3) is 0 Å². The standard InChI is InChI=1S/C12H21N3O2/c1-5-14-12(16)9-15-17-11(3)8-10(2)6-7-13-4/h8-9,13H,2,5-7H2,1,3-4H3,(H,14,16)/b11-8+,15-9+. The Balaban J connectivity index is 3.99. The number of rotatable bonds is 8. The maximum atomic E-state index is 11.0. The fourth-order valence-corrected chi connectivity index (χ4v) is 1.05. The third-order valence-electron chi connectivity index (χ3n) is 1.82. The van der Waals surface area contributed by atoms with Gasteiger partial charge in [-0.05, 0) is 39.9 Å². The summed E-state index contributed by atoms with van der Waals surface area (Å²) in [5, 5.41) is 9.17. The molecule has 0 aliphatic rings. The first-order valence-electron chi connectivity index (χ1n) is 5.59. The highest BCUT2D eigenvalue weighted by Crippen LogP contribution is 2.05. The third-order valence-corrected chi connectivity index (χ3v) is 1.82. The minimum Gasteiger partial charge on any atom is -0.362 e. The Bertz CT molecular complexity index is 309. The molecule has 2 N–H and O–H groups in total. The normalized spacial score (nSPS) is 11.6. The molecule has 0 bridgehead atoms. The van der Waals surface area contributed by atoms with Gasteiger partial charge < -0.3 is 15.5 Å². The van der Waals surface area contributed by atoms with Gasteiger partial charge in [-0.1, -0.05) is 17.3 Å². The summed E-state index contributed by atoms with van der Waals surface area (Å²) in [5.74, 6) is 0.334. The summed E-state index contributed by atoms with van der Waals surface area (Å²) in [4.78, 5) is 16.0. The van der Waals surface area contributed by atoms with Gasteiger partial charge in [0.1, 0.15) is 12.0 Å². The Labute approximate surface area is 103 Å². The largest absolute Gasteiger partial charge is 0.362 e. The zero-order chi connectivity index (χ0) is 13.1. The van der Waals surface area contributed by atoms with Crippen molar-refractivity contribution in [3.8, 4) is 0 Å². The van der Waals surface area contributed by atoms with E-state index in [9.17, 15) is 4.79 Å². The van der Waals surface area contributed by atoms with Crippen molar-refractivity contribution in [1.82, 2.24) is 10.6 Å². The SMILES string of the molecule is C=C(/C=C(\C)O/N=C/C(=O)NCC)CCNC. The van der Waals surface area contributed by atoms with Gasteiger partial charge in [-0.25, -0.2) is 0 Å². The molecule has 0 fully saturated rings. The molecule has 0 radical (unpaired) electrons. The number of carbonyl (C=O) groups excluding carboxylic acids is 1. The molecule has 0 aliphatic heterocycles. The smallest absolute Gasteiger partial charge is 0.265 e. The van der Waals surface area contributed by atoms with E-state index in [0.717, 1.165) is 24.8 Å². The highest BCUT2D eigenvalue weighted by atomic mass is 16.6. The van der Waals surface area contributed by atoms with Crippen molar-refractivity contribution in [2.45, 2.75) is 20.3 Å². The van der Waals surface area contributed by atoms with Crippen LogP contribution in [-0.4, -0.2) is 32.3 Å². The highest BCUT2D eigenvalue weighted by Gasteiger charge is 1.95. The second kappa shape index (κ2) is 9.59. The molecule has 0 aromatic carbocycles. The highest BCUT2D eigenvalue weighted by molar-refractivity contribution is 6.26. The molecule has 0 heterocycles. The van der Waals surface area contributed by atoms with Crippen molar-refractivity contribution >= 4 is 12.1 Å². The molecule has 96 valence electrons. The second-order valence-electron chi connectivity index (χ2n) is 3.49. The number of oxime groups is 1. The molecule has 0 aliphatic carbocycles. The van der Waals surface area contributed by atoms with Crippen LogP contribution in [0, 0.1) is 0 Å². The average molecular weight is 239 g/mol. The molecular weight excluding hydrogens is 218 g/mol.